The maximum absolute atomic E-state index is 11.9. The van der Waals surface area contributed by atoms with Crippen LogP contribution in [0.1, 0.15) is 10.4 Å². The fraction of sp³-hybridized carbons (Fsp3) is 0.0833. The molecule has 0 atom stereocenters. The molecule has 98 valence electrons. The standard InChI is InChI=1S/C12H9BrClN3O2/c1-17-3-2-7(4-10(17)18)12(19)16-8-5-9(13)11(14)15-6-8/h2-6H,1H3,(H,16,19). The van der Waals surface area contributed by atoms with Crippen molar-refractivity contribution >= 4 is 39.1 Å². The second-order valence-corrected chi connectivity index (χ2v) is 5.03. The fourth-order valence-corrected chi connectivity index (χ4v) is 1.83. The summed E-state index contributed by atoms with van der Waals surface area (Å²) < 4.78 is 1.97. The van der Waals surface area contributed by atoms with Gasteiger partial charge in [0.2, 0.25) is 0 Å². The number of carbonyl (C=O) groups excluding carboxylic acids is 1. The quantitative estimate of drug-likeness (QED) is 0.853. The number of anilines is 1. The topological polar surface area (TPSA) is 64.0 Å². The van der Waals surface area contributed by atoms with Crippen LogP contribution in [0, 0.1) is 0 Å². The molecule has 1 N–H and O–H groups in total. The molecule has 0 spiro atoms. The summed E-state index contributed by atoms with van der Waals surface area (Å²) in [5.74, 6) is -0.381. The number of pyridine rings is 2. The van der Waals surface area contributed by atoms with Crippen molar-refractivity contribution in [2.75, 3.05) is 5.32 Å². The van der Waals surface area contributed by atoms with Gasteiger partial charge >= 0.3 is 0 Å². The average molecular weight is 343 g/mol. The van der Waals surface area contributed by atoms with Crippen LogP contribution in [-0.4, -0.2) is 15.5 Å². The van der Waals surface area contributed by atoms with Crippen LogP contribution in [0.3, 0.4) is 0 Å². The summed E-state index contributed by atoms with van der Waals surface area (Å²) in [7, 11) is 1.62. The molecule has 2 rings (SSSR count). The first kappa shape index (κ1) is 13.8. The highest BCUT2D eigenvalue weighted by Crippen LogP contribution is 2.23. The summed E-state index contributed by atoms with van der Waals surface area (Å²) >= 11 is 8.97. The highest BCUT2D eigenvalue weighted by atomic mass is 79.9. The van der Waals surface area contributed by atoms with E-state index in [1.807, 2.05) is 0 Å². The molecule has 2 aromatic heterocycles. The van der Waals surface area contributed by atoms with Crippen LogP contribution in [0.15, 0.2) is 39.9 Å². The van der Waals surface area contributed by atoms with Crippen molar-refractivity contribution < 1.29 is 4.79 Å². The van der Waals surface area contributed by atoms with Gasteiger partial charge in [-0.2, -0.15) is 0 Å². The van der Waals surface area contributed by atoms with Crippen molar-refractivity contribution in [3.8, 4) is 0 Å². The van der Waals surface area contributed by atoms with E-state index in [9.17, 15) is 9.59 Å². The van der Waals surface area contributed by atoms with E-state index in [1.54, 1.807) is 19.2 Å². The first-order valence-electron chi connectivity index (χ1n) is 5.26. The zero-order valence-electron chi connectivity index (χ0n) is 9.85. The first-order chi connectivity index (χ1) is 8.97. The van der Waals surface area contributed by atoms with Crippen molar-refractivity contribution in [1.82, 2.24) is 9.55 Å². The number of nitrogens with one attached hydrogen (secondary N) is 1. The summed E-state index contributed by atoms with van der Waals surface area (Å²) in [5.41, 5.74) is 0.527. The molecule has 0 fully saturated rings. The largest absolute Gasteiger partial charge is 0.321 e. The molecule has 0 bridgehead atoms. The van der Waals surface area contributed by atoms with Crippen molar-refractivity contribution in [2.45, 2.75) is 0 Å². The predicted octanol–water partition coefficient (Wildman–Crippen LogP) is 2.45. The lowest BCUT2D eigenvalue weighted by atomic mass is 10.2. The number of halogens is 2. The number of aryl methyl sites for hydroxylation is 1. The third-order valence-corrected chi connectivity index (χ3v) is 3.55. The molecule has 0 saturated carbocycles. The second kappa shape index (κ2) is 5.54. The van der Waals surface area contributed by atoms with Gasteiger partial charge in [-0.15, -0.1) is 0 Å². The molecule has 5 nitrogen and oxygen atoms in total. The van der Waals surface area contributed by atoms with Gasteiger partial charge in [0.15, 0.2) is 0 Å². The normalized spacial score (nSPS) is 10.3. The van der Waals surface area contributed by atoms with E-state index in [1.165, 1.54) is 23.0 Å². The van der Waals surface area contributed by atoms with Crippen molar-refractivity contribution in [3.05, 3.63) is 56.1 Å². The SMILES string of the molecule is Cn1ccc(C(=O)Nc2cnc(Cl)c(Br)c2)cc1=O. The van der Waals surface area contributed by atoms with Gasteiger partial charge in [0.05, 0.1) is 16.4 Å². The van der Waals surface area contributed by atoms with E-state index < -0.39 is 0 Å². The maximum Gasteiger partial charge on any atom is 0.255 e. The van der Waals surface area contributed by atoms with Crippen molar-refractivity contribution in [1.29, 1.82) is 0 Å². The summed E-state index contributed by atoms with van der Waals surface area (Å²) in [6.07, 6.45) is 2.97. The van der Waals surface area contributed by atoms with Gasteiger partial charge in [-0.05, 0) is 28.1 Å². The van der Waals surface area contributed by atoms with Crippen LogP contribution in [0.25, 0.3) is 0 Å². The van der Waals surface area contributed by atoms with E-state index in [0.29, 0.717) is 15.3 Å². The van der Waals surface area contributed by atoms with E-state index in [2.05, 4.69) is 26.2 Å². The zero-order chi connectivity index (χ0) is 14.0. The van der Waals surface area contributed by atoms with E-state index >= 15 is 0 Å². The number of amides is 1. The smallest absolute Gasteiger partial charge is 0.255 e. The van der Waals surface area contributed by atoms with Gasteiger partial charge in [-0.1, -0.05) is 11.6 Å². The Morgan fingerprint density at radius 1 is 1.47 bits per heavy atom. The van der Waals surface area contributed by atoms with Crippen LogP contribution in [0.2, 0.25) is 5.15 Å². The Hall–Kier alpha value is -1.66. The molecule has 0 aliphatic rings. The monoisotopic (exact) mass is 341 g/mol. The molecule has 1 amide bonds. The van der Waals surface area contributed by atoms with E-state index in [-0.39, 0.29) is 17.0 Å². The van der Waals surface area contributed by atoms with Crippen LogP contribution in [0.4, 0.5) is 5.69 Å². The van der Waals surface area contributed by atoms with Gasteiger partial charge in [0.1, 0.15) is 5.15 Å². The summed E-state index contributed by atoms with van der Waals surface area (Å²) in [6, 6.07) is 4.47. The van der Waals surface area contributed by atoms with Gasteiger partial charge in [-0.3, -0.25) is 9.59 Å². The lowest BCUT2D eigenvalue weighted by molar-refractivity contribution is 0.102. The molecule has 0 unspecified atom stereocenters. The lowest BCUT2D eigenvalue weighted by Gasteiger charge is -2.06. The van der Waals surface area contributed by atoms with Gasteiger partial charge < -0.3 is 9.88 Å². The average Bonchev–Trinajstić information content (AvgIpc) is 2.37. The fourth-order valence-electron chi connectivity index (χ4n) is 1.38. The van der Waals surface area contributed by atoms with E-state index in [4.69, 9.17) is 11.6 Å². The van der Waals surface area contributed by atoms with Gasteiger partial charge in [0.25, 0.3) is 11.5 Å². The Bertz CT molecular complexity index is 700. The minimum atomic E-state index is -0.381. The molecule has 0 aliphatic heterocycles. The summed E-state index contributed by atoms with van der Waals surface area (Å²) in [5, 5.41) is 2.95. The third-order valence-electron chi connectivity index (χ3n) is 2.42. The molecular formula is C12H9BrClN3O2. The van der Waals surface area contributed by atoms with Crippen LogP contribution in [0.5, 0.6) is 0 Å². The molecule has 2 heterocycles. The molecule has 2 aromatic rings. The molecular weight excluding hydrogens is 334 g/mol. The number of rotatable bonds is 2. The van der Waals surface area contributed by atoms with Gasteiger partial charge in [-0.25, -0.2) is 4.98 Å². The molecule has 7 heteroatoms. The third kappa shape index (κ3) is 3.21. The first-order valence-corrected chi connectivity index (χ1v) is 6.43. The lowest BCUT2D eigenvalue weighted by Crippen LogP contribution is -2.20. The molecule has 19 heavy (non-hydrogen) atoms. The Kier molecular flexibility index (Phi) is 4.01. The maximum atomic E-state index is 11.9. The van der Waals surface area contributed by atoms with Crippen molar-refractivity contribution in [3.63, 3.8) is 0 Å². The Balaban J connectivity index is 2.23. The number of nitrogens with zero attached hydrogens (tertiary/aromatic N) is 2. The zero-order valence-corrected chi connectivity index (χ0v) is 12.2. The molecule has 0 radical (unpaired) electrons. The Labute approximate surface area is 122 Å². The Morgan fingerprint density at radius 3 is 2.84 bits per heavy atom. The molecule has 0 aliphatic carbocycles. The Morgan fingerprint density at radius 2 is 2.21 bits per heavy atom. The number of hydrogen-bond donors (Lipinski definition) is 1. The van der Waals surface area contributed by atoms with Crippen LogP contribution >= 0.6 is 27.5 Å². The minimum absolute atomic E-state index is 0.247. The van der Waals surface area contributed by atoms with Gasteiger partial charge in [0, 0.05) is 24.9 Å². The van der Waals surface area contributed by atoms with Crippen molar-refractivity contribution in [2.24, 2.45) is 7.05 Å². The summed E-state index contributed by atoms with van der Waals surface area (Å²) in [4.78, 5) is 27.3. The number of hydrogen-bond acceptors (Lipinski definition) is 3. The molecule has 0 saturated heterocycles. The highest BCUT2D eigenvalue weighted by molar-refractivity contribution is 9.10. The highest BCUT2D eigenvalue weighted by Gasteiger charge is 2.08. The molecule has 0 aromatic carbocycles. The second-order valence-electron chi connectivity index (χ2n) is 3.82. The number of aromatic nitrogens is 2. The van der Waals surface area contributed by atoms with Crippen LogP contribution in [-0.2, 0) is 7.05 Å². The minimum Gasteiger partial charge on any atom is -0.321 e. The summed E-state index contributed by atoms with van der Waals surface area (Å²) in [6.45, 7) is 0. The van der Waals surface area contributed by atoms with Crippen LogP contribution < -0.4 is 10.9 Å². The predicted molar refractivity (Wildman–Crippen MR) is 76.6 cm³/mol. The number of carbonyl (C=O) groups is 1. The van der Waals surface area contributed by atoms with E-state index in [0.717, 1.165) is 0 Å².